The zero-order chi connectivity index (χ0) is 19.4. The van der Waals surface area contributed by atoms with Crippen LogP contribution in [-0.4, -0.2) is 10.2 Å². The monoisotopic (exact) mass is 570 g/mol. The van der Waals surface area contributed by atoms with E-state index in [4.69, 9.17) is 0 Å². The molecule has 1 aromatic carbocycles. The van der Waals surface area contributed by atoms with Crippen LogP contribution >= 0.6 is 77.2 Å². The van der Waals surface area contributed by atoms with E-state index < -0.39 is 12.2 Å². The average Bonchev–Trinajstić information content (AvgIpc) is 3.43. The molecule has 0 amide bonds. The van der Waals surface area contributed by atoms with Crippen molar-refractivity contribution in [1.82, 2.24) is 0 Å². The van der Waals surface area contributed by atoms with Crippen molar-refractivity contribution in [3.05, 3.63) is 75.6 Å². The van der Waals surface area contributed by atoms with Crippen molar-refractivity contribution in [1.29, 1.82) is 0 Å². The number of benzene rings is 1. The van der Waals surface area contributed by atoms with Gasteiger partial charge in [-0.1, -0.05) is 0 Å². The summed E-state index contributed by atoms with van der Waals surface area (Å²) < 4.78 is 4.18. The van der Waals surface area contributed by atoms with Crippen LogP contribution < -0.4 is 0 Å². The number of thiophene rings is 4. The molecule has 0 aliphatic carbocycles. The number of aliphatic hydroxyl groups excluding tert-OH is 2. The highest BCUT2D eigenvalue weighted by Crippen LogP contribution is 2.42. The van der Waals surface area contributed by atoms with Gasteiger partial charge in [0.2, 0.25) is 0 Å². The summed E-state index contributed by atoms with van der Waals surface area (Å²) in [5, 5.41) is 27.7. The molecule has 8 heteroatoms. The van der Waals surface area contributed by atoms with E-state index in [2.05, 4.69) is 56.1 Å². The molecular weight excluding hydrogens is 560 g/mol. The van der Waals surface area contributed by atoms with Crippen LogP contribution in [0.3, 0.4) is 0 Å². The summed E-state index contributed by atoms with van der Waals surface area (Å²) in [6, 6.07) is 12.4. The minimum atomic E-state index is -0.613. The van der Waals surface area contributed by atoms with Crippen molar-refractivity contribution in [3.8, 4) is 0 Å². The largest absolute Gasteiger partial charge is 0.382 e. The number of hydrogen-bond acceptors (Lipinski definition) is 6. The second kappa shape index (κ2) is 7.59. The molecule has 0 saturated heterocycles. The third kappa shape index (κ3) is 3.33. The first-order valence-corrected chi connectivity index (χ1v) is 13.3. The molecule has 0 saturated carbocycles. The van der Waals surface area contributed by atoms with Gasteiger partial charge in [-0.05, 0) is 89.8 Å². The maximum absolute atomic E-state index is 10.8. The van der Waals surface area contributed by atoms with Crippen molar-refractivity contribution in [2.45, 2.75) is 12.2 Å². The molecule has 0 aliphatic heterocycles. The third-order valence-electron chi connectivity index (χ3n) is 4.52. The highest BCUT2D eigenvalue weighted by atomic mass is 79.9. The molecule has 2 N–H and O–H groups in total. The molecule has 5 rings (SSSR count). The first kappa shape index (κ1) is 19.4. The summed E-state index contributed by atoms with van der Waals surface area (Å²) in [5.74, 6) is 0. The zero-order valence-electron chi connectivity index (χ0n) is 14.1. The number of aliphatic hydroxyl groups is 2. The Hall–Kier alpha value is -0.580. The highest BCUT2D eigenvalue weighted by Gasteiger charge is 2.20. The fourth-order valence-electron chi connectivity index (χ4n) is 3.14. The summed E-state index contributed by atoms with van der Waals surface area (Å²) in [6.45, 7) is 0. The standard InChI is InChI=1S/C20H12Br2O2S4/c21-11-1-3-25-19(11)17(23)15-7-9-5-14-10(6-13(9)27-15)8-16(28-14)18(24)20-12(22)2-4-26-20/h1-8,17-18,23-24H. The fourth-order valence-corrected chi connectivity index (χ4v) is 8.66. The van der Waals surface area contributed by atoms with Gasteiger partial charge in [-0.3, -0.25) is 0 Å². The van der Waals surface area contributed by atoms with Crippen molar-refractivity contribution < 1.29 is 10.2 Å². The highest BCUT2D eigenvalue weighted by molar-refractivity contribution is 9.10. The average molecular weight is 572 g/mol. The maximum Gasteiger partial charge on any atom is 0.123 e. The molecule has 0 spiro atoms. The van der Waals surface area contributed by atoms with Crippen molar-refractivity contribution in [2.75, 3.05) is 0 Å². The van der Waals surface area contributed by atoms with E-state index in [0.717, 1.165) is 48.6 Å². The van der Waals surface area contributed by atoms with E-state index in [0.29, 0.717) is 0 Å². The van der Waals surface area contributed by atoms with Gasteiger partial charge in [0.25, 0.3) is 0 Å². The smallest absolute Gasteiger partial charge is 0.123 e. The summed E-state index contributed by atoms with van der Waals surface area (Å²) in [4.78, 5) is 3.75. The molecule has 5 aromatic rings. The number of rotatable bonds is 4. The van der Waals surface area contributed by atoms with Crippen LogP contribution in [0, 0.1) is 0 Å². The van der Waals surface area contributed by atoms with Crippen LogP contribution in [0.15, 0.2) is 56.1 Å². The molecule has 0 radical (unpaired) electrons. The fraction of sp³-hybridized carbons (Fsp3) is 0.100. The predicted molar refractivity (Wildman–Crippen MR) is 129 cm³/mol. The second-order valence-electron chi connectivity index (χ2n) is 6.30. The molecule has 2 nitrogen and oxygen atoms in total. The summed E-state index contributed by atoms with van der Waals surface area (Å²) in [5.41, 5.74) is 0. The number of fused-ring (bicyclic) bond motifs is 2. The van der Waals surface area contributed by atoms with Crippen LogP contribution in [0.4, 0.5) is 0 Å². The van der Waals surface area contributed by atoms with Crippen LogP contribution in [0.2, 0.25) is 0 Å². The molecule has 4 aromatic heterocycles. The lowest BCUT2D eigenvalue weighted by Gasteiger charge is -2.06. The van der Waals surface area contributed by atoms with Gasteiger partial charge in [-0.15, -0.1) is 45.3 Å². The molecule has 0 bridgehead atoms. The lowest BCUT2D eigenvalue weighted by molar-refractivity contribution is 0.227. The van der Waals surface area contributed by atoms with Crippen molar-refractivity contribution in [3.63, 3.8) is 0 Å². The zero-order valence-corrected chi connectivity index (χ0v) is 20.5. The van der Waals surface area contributed by atoms with Gasteiger partial charge in [0.05, 0.1) is 9.75 Å². The molecule has 142 valence electrons. The minimum absolute atomic E-state index is 0.613. The summed E-state index contributed by atoms with van der Waals surface area (Å²) in [6.07, 6.45) is -1.23. The Morgan fingerprint density at radius 1 is 0.679 bits per heavy atom. The molecule has 0 fully saturated rings. The van der Waals surface area contributed by atoms with Crippen LogP contribution in [-0.2, 0) is 0 Å². The van der Waals surface area contributed by atoms with Crippen LogP contribution in [0.25, 0.3) is 20.2 Å². The second-order valence-corrected chi connectivity index (χ2v) is 12.1. The summed E-state index contributed by atoms with van der Waals surface area (Å²) in [7, 11) is 0. The van der Waals surface area contributed by atoms with Crippen LogP contribution in [0.5, 0.6) is 0 Å². The van der Waals surface area contributed by atoms with E-state index in [1.165, 1.54) is 0 Å². The SMILES string of the molecule is OC(c1cc2cc3sc(C(O)c4sccc4Br)cc3cc2s1)c1sccc1Br. The predicted octanol–water partition coefficient (Wildman–Crippen LogP) is 7.93. The van der Waals surface area contributed by atoms with Gasteiger partial charge in [0.15, 0.2) is 0 Å². The quantitative estimate of drug-likeness (QED) is 0.230. The maximum atomic E-state index is 10.8. The minimum Gasteiger partial charge on any atom is -0.382 e. The Labute approximate surface area is 194 Å². The van der Waals surface area contributed by atoms with Gasteiger partial charge in [-0.25, -0.2) is 0 Å². The van der Waals surface area contributed by atoms with E-state index in [1.54, 1.807) is 45.3 Å². The van der Waals surface area contributed by atoms with E-state index in [9.17, 15) is 10.2 Å². The van der Waals surface area contributed by atoms with Gasteiger partial charge in [-0.2, -0.15) is 0 Å². The topological polar surface area (TPSA) is 40.5 Å². The lowest BCUT2D eigenvalue weighted by Crippen LogP contribution is -1.94. The molecule has 0 aliphatic rings. The molecule has 4 heterocycles. The van der Waals surface area contributed by atoms with Crippen molar-refractivity contribution >= 4 is 97.4 Å². The Bertz CT molecular complexity index is 1150. The molecular formula is C20H12Br2O2S4. The summed E-state index contributed by atoms with van der Waals surface area (Å²) >= 11 is 13.4. The Morgan fingerprint density at radius 2 is 1.11 bits per heavy atom. The van der Waals surface area contributed by atoms with E-state index in [-0.39, 0.29) is 0 Å². The normalized spacial score (nSPS) is 14.1. The Morgan fingerprint density at radius 3 is 1.46 bits per heavy atom. The Kier molecular flexibility index (Phi) is 5.26. The third-order valence-corrected chi connectivity index (χ3v) is 10.7. The Balaban J connectivity index is 1.54. The number of hydrogen-bond donors (Lipinski definition) is 2. The first-order valence-electron chi connectivity index (χ1n) is 8.30. The molecule has 28 heavy (non-hydrogen) atoms. The van der Waals surface area contributed by atoms with Gasteiger partial charge in [0, 0.05) is 28.1 Å². The van der Waals surface area contributed by atoms with E-state index in [1.807, 2.05) is 22.9 Å². The van der Waals surface area contributed by atoms with Gasteiger partial charge < -0.3 is 10.2 Å². The van der Waals surface area contributed by atoms with Gasteiger partial charge >= 0.3 is 0 Å². The molecule has 2 atom stereocenters. The van der Waals surface area contributed by atoms with Crippen LogP contribution in [0.1, 0.15) is 31.7 Å². The number of halogens is 2. The van der Waals surface area contributed by atoms with Crippen molar-refractivity contribution in [2.24, 2.45) is 0 Å². The first-order chi connectivity index (χ1) is 13.5. The van der Waals surface area contributed by atoms with E-state index >= 15 is 0 Å². The lowest BCUT2D eigenvalue weighted by atomic mass is 10.1. The molecule has 2 unspecified atom stereocenters. The van der Waals surface area contributed by atoms with Gasteiger partial charge in [0.1, 0.15) is 12.2 Å².